The molecule has 9 heteroatoms. The second-order valence-electron chi connectivity index (χ2n) is 4.76. The Morgan fingerprint density at radius 1 is 0.875 bits per heavy atom. The van der Waals surface area contributed by atoms with Crippen molar-refractivity contribution < 1.29 is 36.2 Å². The first-order valence-electron chi connectivity index (χ1n) is 6.37. The van der Waals surface area contributed by atoms with Gasteiger partial charge in [-0.1, -0.05) is 6.07 Å². The number of benzene rings is 2. The lowest BCUT2D eigenvalue weighted by atomic mass is 10.1. The summed E-state index contributed by atoms with van der Waals surface area (Å²) in [6, 6.07) is 5.25. The van der Waals surface area contributed by atoms with Crippen molar-refractivity contribution in [3.05, 3.63) is 59.2 Å². The summed E-state index contributed by atoms with van der Waals surface area (Å²) in [4.78, 5) is 12.0. The summed E-state index contributed by atoms with van der Waals surface area (Å²) in [5.41, 5.74) is -3.18. The number of halogens is 6. The van der Waals surface area contributed by atoms with Gasteiger partial charge in [0.1, 0.15) is 5.75 Å². The number of amides is 1. The highest BCUT2D eigenvalue weighted by molar-refractivity contribution is 6.06. The van der Waals surface area contributed by atoms with Crippen LogP contribution in [0.5, 0.6) is 5.75 Å². The van der Waals surface area contributed by atoms with Crippen LogP contribution in [0.25, 0.3) is 0 Å². The van der Waals surface area contributed by atoms with E-state index in [4.69, 9.17) is 0 Å². The molecule has 0 atom stereocenters. The Morgan fingerprint density at radius 2 is 1.46 bits per heavy atom. The predicted molar refractivity (Wildman–Crippen MR) is 72.5 cm³/mol. The number of carbonyl (C=O) groups is 1. The summed E-state index contributed by atoms with van der Waals surface area (Å²) in [5, 5.41) is 11.5. The zero-order valence-electron chi connectivity index (χ0n) is 11.7. The fourth-order valence-electron chi connectivity index (χ4n) is 1.87. The van der Waals surface area contributed by atoms with Crippen LogP contribution in [-0.2, 0) is 12.4 Å². The minimum atomic E-state index is -4.74. The van der Waals surface area contributed by atoms with Gasteiger partial charge in [-0.15, -0.1) is 0 Å². The first-order valence-corrected chi connectivity index (χ1v) is 6.37. The molecular formula is C15H9F6NO2. The number of phenols is 1. The van der Waals surface area contributed by atoms with Gasteiger partial charge in [0.25, 0.3) is 5.91 Å². The Hall–Kier alpha value is -2.71. The topological polar surface area (TPSA) is 49.3 Å². The Kier molecular flexibility index (Phi) is 4.46. The quantitative estimate of drug-likeness (QED) is 0.774. The van der Waals surface area contributed by atoms with E-state index in [0.29, 0.717) is 24.3 Å². The molecule has 0 aromatic heterocycles. The summed E-state index contributed by atoms with van der Waals surface area (Å²) in [6.07, 6.45) is -9.38. The normalized spacial score (nSPS) is 12.1. The summed E-state index contributed by atoms with van der Waals surface area (Å²) in [6.45, 7) is 0. The maximum Gasteiger partial charge on any atom is 0.416 e. The van der Waals surface area contributed by atoms with Crippen LogP contribution in [0.3, 0.4) is 0 Å². The van der Waals surface area contributed by atoms with Gasteiger partial charge in [-0.2, -0.15) is 26.3 Å². The molecular weight excluding hydrogens is 340 g/mol. The highest BCUT2D eigenvalue weighted by atomic mass is 19.4. The number of hydrogen-bond donors (Lipinski definition) is 2. The first kappa shape index (κ1) is 17.6. The third-order valence-electron chi connectivity index (χ3n) is 3.02. The van der Waals surface area contributed by atoms with Crippen LogP contribution < -0.4 is 5.32 Å². The number of alkyl halides is 6. The second-order valence-corrected chi connectivity index (χ2v) is 4.76. The van der Waals surface area contributed by atoms with E-state index in [-0.39, 0.29) is 5.69 Å². The van der Waals surface area contributed by atoms with Crippen molar-refractivity contribution >= 4 is 11.6 Å². The minimum Gasteiger partial charge on any atom is -0.507 e. The van der Waals surface area contributed by atoms with Crippen LogP contribution in [0.2, 0.25) is 0 Å². The van der Waals surface area contributed by atoms with E-state index < -0.39 is 40.7 Å². The number of rotatable bonds is 2. The minimum absolute atomic E-state index is 0.272. The number of anilines is 1. The summed E-state index contributed by atoms with van der Waals surface area (Å²) >= 11 is 0. The van der Waals surface area contributed by atoms with E-state index in [1.807, 2.05) is 5.32 Å². The lowest BCUT2D eigenvalue weighted by Crippen LogP contribution is -2.15. The van der Waals surface area contributed by atoms with Gasteiger partial charge in [0.2, 0.25) is 0 Å². The van der Waals surface area contributed by atoms with Crippen LogP contribution in [0.4, 0.5) is 32.0 Å². The van der Waals surface area contributed by atoms with Crippen LogP contribution in [0.1, 0.15) is 21.5 Å². The molecule has 0 spiro atoms. The standard InChI is InChI=1S/C15H9F6NO2/c16-14(17,18)8-2-1-3-10(6-8)22-13(24)11-7-9(15(19,20)21)4-5-12(11)23/h1-7,23H,(H,22,24). The highest BCUT2D eigenvalue weighted by Crippen LogP contribution is 2.33. The smallest absolute Gasteiger partial charge is 0.416 e. The number of carbonyl (C=O) groups excluding carboxylic acids is 1. The lowest BCUT2D eigenvalue weighted by molar-refractivity contribution is -0.138. The zero-order chi connectivity index (χ0) is 18.1. The van der Waals surface area contributed by atoms with E-state index in [0.717, 1.165) is 18.2 Å². The van der Waals surface area contributed by atoms with Gasteiger partial charge >= 0.3 is 12.4 Å². The van der Waals surface area contributed by atoms with Crippen LogP contribution in [-0.4, -0.2) is 11.0 Å². The Balaban J connectivity index is 2.31. The van der Waals surface area contributed by atoms with E-state index in [1.54, 1.807) is 0 Å². The first-order chi connectivity index (χ1) is 11.0. The molecule has 0 unspecified atom stereocenters. The summed E-state index contributed by atoms with van der Waals surface area (Å²) in [7, 11) is 0. The van der Waals surface area contributed by atoms with Crippen molar-refractivity contribution in [3.63, 3.8) is 0 Å². The predicted octanol–water partition coefficient (Wildman–Crippen LogP) is 4.68. The Morgan fingerprint density at radius 3 is 2.04 bits per heavy atom. The number of nitrogens with one attached hydrogen (secondary N) is 1. The molecule has 0 saturated heterocycles. The molecule has 2 aromatic carbocycles. The molecule has 0 aliphatic carbocycles. The number of aromatic hydroxyl groups is 1. The third-order valence-corrected chi connectivity index (χ3v) is 3.02. The fraction of sp³-hybridized carbons (Fsp3) is 0.133. The molecule has 2 N–H and O–H groups in total. The maximum absolute atomic E-state index is 12.6. The average Bonchev–Trinajstić information content (AvgIpc) is 2.45. The van der Waals surface area contributed by atoms with Crippen molar-refractivity contribution in [1.82, 2.24) is 0 Å². The van der Waals surface area contributed by atoms with E-state index in [9.17, 15) is 36.2 Å². The highest BCUT2D eigenvalue weighted by Gasteiger charge is 2.32. The SMILES string of the molecule is O=C(Nc1cccc(C(F)(F)F)c1)c1cc(C(F)(F)F)ccc1O. The van der Waals surface area contributed by atoms with Crippen molar-refractivity contribution in [3.8, 4) is 5.75 Å². The molecule has 2 aromatic rings. The van der Waals surface area contributed by atoms with Crippen molar-refractivity contribution in [2.75, 3.05) is 5.32 Å². The van der Waals surface area contributed by atoms with Gasteiger partial charge in [0.05, 0.1) is 16.7 Å². The summed E-state index contributed by atoms with van der Waals surface area (Å²) < 4.78 is 75.7. The zero-order valence-corrected chi connectivity index (χ0v) is 11.7. The monoisotopic (exact) mass is 349 g/mol. The number of hydrogen-bond acceptors (Lipinski definition) is 2. The lowest BCUT2D eigenvalue weighted by Gasteiger charge is -2.12. The maximum atomic E-state index is 12.6. The molecule has 0 bridgehead atoms. The molecule has 24 heavy (non-hydrogen) atoms. The van der Waals surface area contributed by atoms with Gasteiger partial charge in [-0.25, -0.2) is 0 Å². The molecule has 2 rings (SSSR count). The number of phenolic OH excluding ortho intramolecular Hbond substituents is 1. The van der Waals surface area contributed by atoms with E-state index >= 15 is 0 Å². The molecule has 128 valence electrons. The van der Waals surface area contributed by atoms with Gasteiger partial charge in [-0.3, -0.25) is 4.79 Å². The fourth-order valence-corrected chi connectivity index (χ4v) is 1.87. The molecule has 0 fully saturated rings. The van der Waals surface area contributed by atoms with Gasteiger partial charge in [-0.05, 0) is 36.4 Å². The van der Waals surface area contributed by atoms with Gasteiger partial charge in [0.15, 0.2) is 0 Å². The van der Waals surface area contributed by atoms with Gasteiger partial charge < -0.3 is 10.4 Å². The van der Waals surface area contributed by atoms with Crippen LogP contribution in [0, 0.1) is 0 Å². The molecule has 0 aliphatic heterocycles. The largest absolute Gasteiger partial charge is 0.507 e. The average molecular weight is 349 g/mol. The molecule has 3 nitrogen and oxygen atoms in total. The third kappa shape index (κ3) is 3.98. The van der Waals surface area contributed by atoms with Crippen molar-refractivity contribution in [2.45, 2.75) is 12.4 Å². The molecule has 0 heterocycles. The summed E-state index contributed by atoms with van der Waals surface area (Å²) in [5.74, 6) is -1.90. The van der Waals surface area contributed by atoms with E-state index in [2.05, 4.69) is 0 Å². The molecule has 1 amide bonds. The Bertz CT molecular complexity index is 767. The second kappa shape index (κ2) is 6.06. The molecule has 0 aliphatic rings. The van der Waals surface area contributed by atoms with Crippen LogP contribution in [0.15, 0.2) is 42.5 Å². The Labute approximate surface area is 131 Å². The van der Waals surface area contributed by atoms with Gasteiger partial charge in [0, 0.05) is 5.69 Å². The van der Waals surface area contributed by atoms with Crippen LogP contribution >= 0.6 is 0 Å². The van der Waals surface area contributed by atoms with Crippen molar-refractivity contribution in [2.24, 2.45) is 0 Å². The molecule has 0 radical (unpaired) electrons. The molecule has 0 saturated carbocycles. The van der Waals surface area contributed by atoms with E-state index in [1.165, 1.54) is 0 Å². The van der Waals surface area contributed by atoms with Crippen molar-refractivity contribution in [1.29, 1.82) is 0 Å².